The zero-order valence-electron chi connectivity index (χ0n) is 9.20. The van der Waals surface area contributed by atoms with Gasteiger partial charge >= 0.3 is 5.97 Å². The predicted octanol–water partition coefficient (Wildman–Crippen LogP) is 1.05. The minimum absolute atomic E-state index is 0.202. The Bertz CT molecular complexity index is 452. The monoisotopic (exact) mass is 258 g/mol. The molecule has 1 rings (SSSR count). The van der Waals surface area contributed by atoms with Crippen molar-refractivity contribution in [1.29, 1.82) is 0 Å². The number of carboxylic acid groups (broad SMARTS) is 1. The number of carbonyl (C=O) groups is 1. The molecule has 5 nitrogen and oxygen atoms in total. The molecule has 0 aliphatic rings. The number of hydrogen-bond donors (Lipinski definition) is 1. The van der Waals surface area contributed by atoms with Crippen molar-refractivity contribution in [2.24, 2.45) is 0 Å². The lowest BCUT2D eigenvalue weighted by Crippen LogP contribution is -2.16. The molecule has 0 atom stereocenters. The summed E-state index contributed by atoms with van der Waals surface area (Å²) < 4.78 is 27.7. The second kappa shape index (κ2) is 6.36. The van der Waals surface area contributed by atoms with E-state index in [0.29, 0.717) is 0 Å². The first-order valence-corrected chi connectivity index (χ1v) is 6.85. The fourth-order valence-electron chi connectivity index (χ4n) is 1.16. The maximum Gasteiger partial charge on any atom is 0.304 e. The Balaban J connectivity index is 2.33. The molecular weight excluding hydrogens is 244 g/mol. The van der Waals surface area contributed by atoms with Crippen LogP contribution < -0.4 is 0 Å². The Labute approximate surface area is 100.0 Å². The summed E-state index contributed by atoms with van der Waals surface area (Å²) in [4.78, 5) is 10.2. The molecule has 17 heavy (non-hydrogen) atoms. The Kier molecular flexibility index (Phi) is 5.11. The van der Waals surface area contributed by atoms with Crippen molar-refractivity contribution in [1.82, 2.24) is 0 Å². The van der Waals surface area contributed by atoms with E-state index in [1.54, 1.807) is 0 Å². The second-order valence-electron chi connectivity index (χ2n) is 3.54. The largest absolute Gasteiger partial charge is 0.481 e. The van der Waals surface area contributed by atoms with E-state index >= 15 is 0 Å². The van der Waals surface area contributed by atoms with Gasteiger partial charge in [0.15, 0.2) is 9.84 Å². The molecule has 0 unspecified atom stereocenters. The highest BCUT2D eigenvalue weighted by Gasteiger charge is 2.13. The third-order valence-corrected chi connectivity index (χ3v) is 3.35. The van der Waals surface area contributed by atoms with Gasteiger partial charge in [-0.2, -0.15) is 0 Å². The highest BCUT2D eigenvalue weighted by atomic mass is 32.2. The molecular formula is C11H14O5S. The molecule has 0 spiro atoms. The Morgan fingerprint density at radius 2 is 1.88 bits per heavy atom. The van der Waals surface area contributed by atoms with Crippen molar-refractivity contribution < 1.29 is 23.1 Å². The Hall–Kier alpha value is -1.40. The predicted molar refractivity (Wildman–Crippen MR) is 62.1 cm³/mol. The quantitative estimate of drug-likeness (QED) is 0.790. The summed E-state index contributed by atoms with van der Waals surface area (Å²) in [5, 5.41) is 8.37. The van der Waals surface area contributed by atoms with E-state index in [4.69, 9.17) is 9.84 Å². The average Bonchev–Trinajstić information content (AvgIpc) is 2.28. The number of hydrogen-bond acceptors (Lipinski definition) is 4. The molecule has 0 amide bonds. The number of ether oxygens (including phenoxy) is 1. The van der Waals surface area contributed by atoms with Crippen LogP contribution in [-0.4, -0.2) is 31.2 Å². The van der Waals surface area contributed by atoms with Crippen LogP contribution in [0.3, 0.4) is 0 Å². The standard InChI is InChI=1S/C11H14O5S/c12-11(13)6-7-17(14,15)9-16-8-10-4-2-1-3-5-10/h1-5H,6-9H2,(H,12,13). The number of carboxylic acids is 1. The molecule has 1 aromatic carbocycles. The first kappa shape index (κ1) is 13.7. The van der Waals surface area contributed by atoms with E-state index < -0.39 is 33.9 Å². The maximum absolute atomic E-state index is 11.3. The van der Waals surface area contributed by atoms with Crippen molar-refractivity contribution >= 4 is 15.8 Å². The highest BCUT2D eigenvalue weighted by Crippen LogP contribution is 2.02. The topological polar surface area (TPSA) is 80.7 Å². The third-order valence-electron chi connectivity index (χ3n) is 2.00. The molecule has 0 aliphatic carbocycles. The van der Waals surface area contributed by atoms with Crippen LogP contribution in [0.15, 0.2) is 30.3 Å². The number of rotatable bonds is 7. The van der Waals surface area contributed by atoms with Crippen LogP contribution in [0.25, 0.3) is 0 Å². The summed E-state index contributed by atoms with van der Waals surface area (Å²) >= 11 is 0. The SMILES string of the molecule is O=C(O)CCS(=O)(=O)COCc1ccccc1. The first-order valence-electron chi connectivity index (χ1n) is 5.03. The summed E-state index contributed by atoms with van der Waals surface area (Å²) in [6.07, 6.45) is -0.392. The van der Waals surface area contributed by atoms with Gasteiger partial charge in [0, 0.05) is 0 Å². The van der Waals surface area contributed by atoms with Crippen molar-refractivity contribution in [3.8, 4) is 0 Å². The van der Waals surface area contributed by atoms with Gasteiger partial charge in [0.2, 0.25) is 0 Å². The average molecular weight is 258 g/mol. The van der Waals surface area contributed by atoms with Crippen molar-refractivity contribution in [3.05, 3.63) is 35.9 Å². The van der Waals surface area contributed by atoms with Crippen molar-refractivity contribution in [2.75, 3.05) is 11.7 Å². The molecule has 0 bridgehead atoms. The van der Waals surface area contributed by atoms with E-state index in [0.717, 1.165) is 5.56 Å². The lowest BCUT2D eigenvalue weighted by atomic mass is 10.2. The molecule has 0 saturated carbocycles. The molecule has 0 aromatic heterocycles. The van der Waals surface area contributed by atoms with Gasteiger partial charge in [-0.1, -0.05) is 30.3 Å². The van der Waals surface area contributed by atoms with Gasteiger partial charge in [0.05, 0.1) is 18.8 Å². The third kappa shape index (κ3) is 6.03. The molecule has 0 aliphatic heterocycles. The normalized spacial score (nSPS) is 11.3. The van der Waals surface area contributed by atoms with Gasteiger partial charge in [0.25, 0.3) is 0 Å². The van der Waals surface area contributed by atoms with Crippen molar-refractivity contribution in [2.45, 2.75) is 13.0 Å². The van der Waals surface area contributed by atoms with E-state index in [2.05, 4.69) is 0 Å². The molecule has 1 aromatic rings. The van der Waals surface area contributed by atoms with E-state index in [9.17, 15) is 13.2 Å². The van der Waals surface area contributed by atoms with E-state index in [-0.39, 0.29) is 6.61 Å². The second-order valence-corrected chi connectivity index (χ2v) is 5.67. The zero-order chi connectivity index (χ0) is 12.7. The van der Waals surface area contributed by atoms with Gasteiger partial charge in [-0.25, -0.2) is 8.42 Å². The first-order chi connectivity index (χ1) is 7.99. The van der Waals surface area contributed by atoms with Crippen LogP contribution in [0.5, 0.6) is 0 Å². The van der Waals surface area contributed by atoms with Crippen LogP contribution in [0.1, 0.15) is 12.0 Å². The summed E-state index contributed by atoms with van der Waals surface area (Å²) in [7, 11) is -3.45. The van der Waals surface area contributed by atoms with Gasteiger partial charge in [-0.15, -0.1) is 0 Å². The van der Waals surface area contributed by atoms with Crippen LogP contribution in [0.4, 0.5) is 0 Å². The summed E-state index contributed by atoms with van der Waals surface area (Å²) in [6, 6.07) is 9.16. The van der Waals surface area contributed by atoms with Gasteiger partial charge in [0.1, 0.15) is 5.94 Å². The molecule has 94 valence electrons. The molecule has 0 fully saturated rings. The zero-order valence-corrected chi connectivity index (χ0v) is 10.0. The fraction of sp³-hybridized carbons (Fsp3) is 0.364. The molecule has 0 radical (unpaired) electrons. The molecule has 6 heteroatoms. The summed E-state index contributed by atoms with van der Waals surface area (Å²) in [5.74, 6) is -1.97. The summed E-state index contributed by atoms with van der Waals surface area (Å²) in [6.45, 7) is 0.202. The molecule has 0 saturated heterocycles. The minimum Gasteiger partial charge on any atom is -0.481 e. The van der Waals surface area contributed by atoms with Gasteiger partial charge in [-0.05, 0) is 5.56 Å². The van der Waals surface area contributed by atoms with Crippen LogP contribution in [0.2, 0.25) is 0 Å². The number of sulfone groups is 1. The van der Waals surface area contributed by atoms with Crippen molar-refractivity contribution in [3.63, 3.8) is 0 Å². The smallest absolute Gasteiger partial charge is 0.304 e. The number of benzene rings is 1. The fourth-order valence-corrected chi connectivity index (χ4v) is 2.10. The van der Waals surface area contributed by atoms with Gasteiger partial charge in [-0.3, -0.25) is 4.79 Å². The van der Waals surface area contributed by atoms with E-state index in [1.165, 1.54) is 0 Å². The van der Waals surface area contributed by atoms with Crippen LogP contribution in [0, 0.1) is 0 Å². The Morgan fingerprint density at radius 3 is 2.47 bits per heavy atom. The lowest BCUT2D eigenvalue weighted by molar-refractivity contribution is -0.136. The Morgan fingerprint density at radius 1 is 1.24 bits per heavy atom. The molecule has 1 N–H and O–H groups in total. The molecule has 0 heterocycles. The van der Waals surface area contributed by atoms with Crippen LogP contribution in [-0.2, 0) is 26.0 Å². The lowest BCUT2D eigenvalue weighted by Gasteiger charge is -2.04. The maximum atomic E-state index is 11.3. The number of aliphatic carboxylic acids is 1. The summed E-state index contributed by atoms with van der Waals surface area (Å²) in [5.41, 5.74) is 0.876. The van der Waals surface area contributed by atoms with Crippen LogP contribution >= 0.6 is 0 Å². The minimum atomic E-state index is -3.45. The highest BCUT2D eigenvalue weighted by molar-refractivity contribution is 7.91. The van der Waals surface area contributed by atoms with Gasteiger partial charge < -0.3 is 9.84 Å². The van der Waals surface area contributed by atoms with E-state index in [1.807, 2.05) is 30.3 Å².